The summed E-state index contributed by atoms with van der Waals surface area (Å²) in [7, 11) is -2.90. The number of ketones is 2. The molecule has 13 heteroatoms. The van der Waals surface area contributed by atoms with Gasteiger partial charge in [-0.15, -0.1) is 0 Å². The van der Waals surface area contributed by atoms with Gasteiger partial charge >= 0.3 is 0 Å². The summed E-state index contributed by atoms with van der Waals surface area (Å²) in [6.07, 6.45) is 2.15. The largest absolute Gasteiger partial charge is 0.495 e. The number of halogens is 3. The standard InChI is InChI=1S/C20H14Cl2FNO5S.C6H9NO2/c1-29-18-11(7-14(23)8-16(18)22)6-12-10-24-17(25)9-20(24,19(12)26)30(27,28)15-4-2-13(21)3-5-15;8-5-1-2-6(9)7-4-3-5/h2-8H,9-10H2,1H3;1-4H2,(H,7,9). The number of β-lactam (4-membered cyclic amide) rings is 1. The summed E-state index contributed by atoms with van der Waals surface area (Å²) >= 11 is 11.8. The fraction of sp³-hybridized carbons (Fsp3) is 0.308. The molecule has 0 aliphatic carbocycles. The van der Waals surface area contributed by atoms with Crippen molar-refractivity contribution in [2.24, 2.45) is 0 Å². The molecule has 0 bridgehead atoms. The van der Waals surface area contributed by atoms with Crippen LogP contribution in [0.1, 0.15) is 31.2 Å². The van der Waals surface area contributed by atoms with E-state index in [1.54, 1.807) is 0 Å². The van der Waals surface area contributed by atoms with Crippen molar-refractivity contribution in [2.45, 2.75) is 35.4 Å². The first kappa shape index (κ1) is 28.7. The molecule has 2 amide bonds. The lowest BCUT2D eigenvalue weighted by molar-refractivity contribution is -0.150. The minimum atomic E-state index is -4.23. The van der Waals surface area contributed by atoms with Crippen LogP contribution in [0.5, 0.6) is 5.75 Å². The first-order valence-electron chi connectivity index (χ1n) is 11.8. The van der Waals surface area contributed by atoms with Crippen molar-refractivity contribution in [3.63, 3.8) is 0 Å². The van der Waals surface area contributed by atoms with E-state index in [0.717, 1.165) is 17.0 Å². The van der Waals surface area contributed by atoms with Crippen molar-refractivity contribution in [1.82, 2.24) is 10.2 Å². The maximum atomic E-state index is 13.8. The third-order valence-corrected chi connectivity index (χ3v) is 9.46. The molecule has 39 heavy (non-hydrogen) atoms. The summed E-state index contributed by atoms with van der Waals surface area (Å²) in [5, 5.41) is 2.95. The van der Waals surface area contributed by atoms with Crippen molar-refractivity contribution >= 4 is 62.5 Å². The molecule has 2 aromatic rings. The number of methoxy groups -OCH3 is 1. The Labute approximate surface area is 233 Å². The van der Waals surface area contributed by atoms with Crippen LogP contribution in [0.15, 0.2) is 46.9 Å². The fourth-order valence-corrected chi connectivity index (χ4v) is 7.04. The molecule has 1 N–H and O–H groups in total. The second-order valence-electron chi connectivity index (χ2n) is 9.05. The first-order chi connectivity index (χ1) is 18.4. The summed E-state index contributed by atoms with van der Waals surface area (Å²) in [6, 6.07) is 7.54. The Morgan fingerprint density at radius 3 is 2.38 bits per heavy atom. The molecule has 0 saturated carbocycles. The van der Waals surface area contributed by atoms with Gasteiger partial charge in [-0.05, 0) is 42.5 Å². The Kier molecular flexibility index (Phi) is 8.15. The molecular weight excluding hydrogens is 574 g/mol. The van der Waals surface area contributed by atoms with E-state index < -0.39 is 38.6 Å². The van der Waals surface area contributed by atoms with Gasteiger partial charge in [0.05, 0.1) is 30.0 Å². The molecule has 3 saturated heterocycles. The number of nitrogens with one attached hydrogen (secondary N) is 1. The van der Waals surface area contributed by atoms with E-state index in [1.807, 2.05) is 0 Å². The number of amides is 2. The Bertz CT molecular complexity index is 1490. The molecule has 3 aliphatic heterocycles. The molecule has 2 aromatic carbocycles. The summed E-state index contributed by atoms with van der Waals surface area (Å²) in [4.78, 5) is 45.5. The number of hydrogen-bond acceptors (Lipinski definition) is 7. The van der Waals surface area contributed by atoms with Crippen LogP contribution >= 0.6 is 23.2 Å². The van der Waals surface area contributed by atoms with E-state index in [1.165, 1.54) is 37.5 Å². The van der Waals surface area contributed by atoms with Crippen LogP contribution in [0.3, 0.4) is 0 Å². The highest BCUT2D eigenvalue weighted by atomic mass is 35.5. The van der Waals surface area contributed by atoms with Gasteiger partial charge in [-0.2, -0.15) is 0 Å². The second-order valence-corrected chi connectivity index (χ2v) is 12.0. The molecule has 0 radical (unpaired) electrons. The summed E-state index contributed by atoms with van der Waals surface area (Å²) in [5.41, 5.74) is 0.207. The molecule has 1 unspecified atom stereocenters. The van der Waals surface area contributed by atoms with Crippen LogP contribution in [-0.2, 0) is 29.0 Å². The number of Topliss-reactive ketones (excluding diaryl/α,β-unsaturated/α-hetero) is 2. The molecule has 0 aromatic heterocycles. The van der Waals surface area contributed by atoms with Gasteiger partial charge in [0.2, 0.25) is 32.3 Å². The van der Waals surface area contributed by atoms with Crippen LogP contribution in [0.4, 0.5) is 4.39 Å². The van der Waals surface area contributed by atoms with E-state index in [9.17, 15) is 32.0 Å². The van der Waals surface area contributed by atoms with Gasteiger partial charge in [0.1, 0.15) is 17.3 Å². The Morgan fingerprint density at radius 1 is 1.05 bits per heavy atom. The molecule has 0 spiro atoms. The Balaban J connectivity index is 0.000000333. The number of rotatable bonds is 4. The normalized spacial score (nSPS) is 21.9. The Hall–Kier alpha value is -3.28. The molecule has 3 fully saturated rings. The van der Waals surface area contributed by atoms with Crippen LogP contribution in [0.25, 0.3) is 6.08 Å². The minimum Gasteiger partial charge on any atom is -0.495 e. The average molecular weight is 597 g/mol. The molecule has 3 heterocycles. The van der Waals surface area contributed by atoms with E-state index in [2.05, 4.69) is 5.32 Å². The van der Waals surface area contributed by atoms with Gasteiger partial charge in [-0.25, -0.2) is 12.8 Å². The van der Waals surface area contributed by atoms with Gasteiger partial charge in [-0.3, -0.25) is 19.2 Å². The number of carbonyl (C=O) groups excluding carboxylic acids is 4. The molecule has 206 valence electrons. The average Bonchev–Trinajstić information content (AvgIpc) is 2.96. The summed E-state index contributed by atoms with van der Waals surface area (Å²) in [5.74, 6) is -1.53. The molecule has 3 aliphatic rings. The third kappa shape index (κ3) is 5.30. The summed E-state index contributed by atoms with van der Waals surface area (Å²) in [6.45, 7) is 0.305. The monoisotopic (exact) mass is 596 g/mol. The lowest BCUT2D eigenvalue weighted by atomic mass is 9.99. The number of carbonyl (C=O) groups is 4. The van der Waals surface area contributed by atoms with Crippen LogP contribution in [-0.4, -0.2) is 61.8 Å². The second kappa shape index (κ2) is 11.1. The maximum Gasteiger partial charge on any atom is 0.228 e. The van der Waals surface area contributed by atoms with Crippen molar-refractivity contribution in [3.8, 4) is 5.75 Å². The predicted molar refractivity (Wildman–Crippen MR) is 141 cm³/mol. The third-order valence-electron chi connectivity index (χ3n) is 6.60. The quantitative estimate of drug-likeness (QED) is 0.423. The van der Waals surface area contributed by atoms with Crippen LogP contribution in [0.2, 0.25) is 10.0 Å². The molecule has 5 rings (SSSR count). The summed E-state index contributed by atoms with van der Waals surface area (Å²) < 4.78 is 45.7. The SMILES string of the molecule is COc1c(Cl)cc(F)cc1C=C1CN2C(=O)CC2(S(=O)(=O)c2ccc(Cl)cc2)C1=O.O=C1CCNC(=O)CC1. The van der Waals surface area contributed by atoms with E-state index >= 15 is 0 Å². The van der Waals surface area contributed by atoms with Gasteiger partial charge in [-0.1, -0.05) is 23.2 Å². The van der Waals surface area contributed by atoms with Crippen molar-refractivity contribution in [3.05, 3.63) is 63.4 Å². The van der Waals surface area contributed by atoms with E-state index in [-0.39, 0.29) is 45.0 Å². The van der Waals surface area contributed by atoms with Gasteiger partial charge in [0, 0.05) is 42.0 Å². The van der Waals surface area contributed by atoms with Gasteiger partial charge in [0.25, 0.3) is 0 Å². The molecule has 1 atom stereocenters. The van der Waals surface area contributed by atoms with Gasteiger partial charge in [0.15, 0.2) is 0 Å². The number of nitrogens with zero attached hydrogens (tertiary/aromatic N) is 1. The molecular formula is C26H23Cl2FN2O7S. The van der Waals surface area contributed by atoms with E-state index in [4.69, 9.17) is 27.9 Å². The zero-order valence-corrected chi connectivity index (χ0v) is 23.0. The van der Waals surface area contributed by atoms with Gasteiger partial charge < -0.3 is 15.0 Å². The molecule has 9 nitrogen and oxygen atoms in total. The van der Waals surface area contributed by atoms with Crippen LogP contribution in [0, 0.1) is 5.82 Å². The number of sulfone groups is 1. The maximum absolute atomic E-state index is 13.8. The fourth-order valence-electron chi connectivity index (χ4n) is 4.60. The number of hydrogen-bond donors (Lipinski definition) is 1. The van der Waals surface area contributed by atoms with Crippen molar-refractivity contribution in [1.29, 1.82) is 0 Å². The van der Waals surface area contributed by atoms with Crippen LogP contribution < -0.4 is 10.1 Å². The number of ether oxygens (including phenoxy) is 1. The van der Waals surface area contributed by atoms with Crippen molar-refractivity contribution < 1.29 is 36.7 Å². The lowest BCUT2D eigenvalue weighted by Crippen LogP contribution is -2.67. The number of benzene rings is 2. The van der Waals surface area contributed by atoms with E-state index in [0.29, 0.717) is 30.8 Å². The zero-order chi connectivity index (χ0) is 28.5. The Morgan fingerprint density at radius 2 is 1.74 bits per heavy atom. The number of fused-ring (bicyclic) bond motifs is 1. The van der Waals surface area contributed by atoms with Crippen molar-refractivity contribution in [2.75, 3.05) is 20.2 Å². The smallest absolute Gasteiger partial charge is 0.228 e. The first-order valence-corrected chi connectivity index (χ1v) is 14.0. The topological polar surface area (TPSA) is 127 Å². The predicted octanol–water partition coefficient (Wildman–Crippen LogP) is 3.37. The highest BCUT2D eigenvalue weighted by molar-refractivity contribution is 7.93. The highest BCUT2D eigenvalue weighted by Gasteiger charge is 2.69. The zero-order valence-electron chi connectivity index (χ0n) is 20.6. The lowest BCUT2D eigenvalue weighted by Gasteiger charge is -2.44. The minimum absolute atomic E-state index is 0.000787. The highest BCUT2D eigenvalue weighted by Crippen LogP contribution is 2.48.